The van der Waals surface area contributed by atoms with Crippen molar-refractivity contribution in [3.8, 4) is 11.4 Å². The molecule has 1 aromatic carbocycles. The summed E-state index contributed by atoms with van der Waals surface area (Å²) < 4.78 is 30.2. The van der Waals surface area contributed by atoms with Gasteiger partial charge in [0.1, 0.15) is 11.8 Å². The average Bonchev–Trinajstić information content (AvgIpc) is 3.02. The van der Waals surface area contributed by atoms with Crippen LogP contribution in [0.1, 0.15) is 13.3 Å². The van der Waals surface area contributed by atoms with Crippen molar-refractivity contribution in [2.75, 3.05) is 0 Å². The molecule has 2 aromatic heterocycles. The van der Waals surface area contributed by atoms with E-state index < -0.39 is 10.0 Å². The van der Waals surface area contributed by atoms with Crippen LogP contribution in [0.25, 0.3) is 22.4 Å². The van der Waals surface area contributed by atoms with Gasteiger partial charge in [0.15, 0.2) is 5.82 Å². The van der Waals surface area contributed by atoms with Gasteiger partial charge in [-0.1, -0.05) is 25.1 Å². The van der Waals surface area contributed by atoms with E-state index in [9.17, 15) is 8.42 Å². The SMILES string of the molecule is CCCn1c(-c2coc3ccccc23)nnc1S(N)(=O)=O. The molecule has 0 bridgehead atoms. The molecule has 0 spiro atoms. The molecule has 7 nitrogen and oxygen atoms in total. The summed E-state index contributed by atoms with van der Waals surface area (Å²) >= 11 is 0. The highest BCUT2D eigenvalue weighted by Crippen LogP contribution is 2.30. The van der Waals surface area contributed by atoms with Crippen LogP contribution in [0.2, 0.25) is 0 Å². The minimum Gasteiger partial charge on any atom is -0.464 e. The quantitative estimate of drug-likeness (QED) is 0.790. The summed E-state index contributed by atoms with van der Waals surface area (Å²) in [5.41, 5.74) is 1.40. The molecule has 2 heterocycles. The lowest BCUT2D eigenvalue weighted by atomic mass is 10.1. The van der Waals surface area contributed by atoms with E-state index in [2.05, 4.69) is 10.2 Å². The van der Waals surface area contributed by atoms with Crippen molar-refractivity contribution < 1.29 is 12.8 Å². The van der Waals surface area contributed by atoms with E-state index >= 15 is 0 Å². The Morgan fingerprint density at radius 3 is 2.76 bits per heavy atom. The molecule has 0 radical (unpaired) electrons. The molecule has 110 valence electrons. The van der Waals surface area contributed by atoms with E-state index in [1.807, 2.05) is 31.2 Å². The number of sulfonamides is 1. The zero-order valence-corrected chi connectivity index (χ0v) is 12.2. The smallest absolute Gasteiger partial charge is 0.273 e. The normalized spacial score (nSPS) is 12.1. The molecule has 2 N–H and O–H groups in total. The zero-order valence-electron chi connectivity index (χ0n) is 11.4. The maximum Gasteiger partial charge on any atom is 0.273 e. The molecule has 0 amide bonds. The number of hydrogen-bond acceptors (Lipinski definition) is 5. The molecule has 0 saturated carbocycles. The predicted molar refractivity (Wildman–Crippen MR) is 76.9 cm³/mol. The van der Waals surface area contributed by atoms with Crippen LogP contribution in [0.3, 0.4) is 0 Å². The number of fused-ring (bicyclic) bond motifs is 1. The number of aromatic nitrogens is 3. The summed E-state index contributed by atoms with van der Waals surface area (Å²) in [6.07, 6.45) is 2.27. The van der Waals surface area contributed by atoms with Crippen LogP contribution in [0.4, 0.5) is 0 Å². The summed E-state index contributed by atoms with van der Waals surface area (Å²) in [5, 5.41) is 13.5. The minimum absolute atomic E-state index is 0.232. The van der Waals surface area contributed by atoms with Crippen LogP contribution >= 0.6 is 0 Å². The van der Waals surface area contributed by atoms with E-state index in [1.165, 1.54) is 4.57 Å². The Bertz CT molecular complexity index is 895. The summed E-state index contributed by atoms with van der Waals surface area (Å²) in [5.74, 6) is 0.436. The number of hydrogen-bond donors (Lipinski definition) is 1. The number of para-hydroxylation sites is 1. The van der Waals surface area contributed by atoms with Crippen LogP contribution < -0.4 is 5.14 Å². The van der Waals surface area contributed by atoms with Gasteiger partial charge in [0.25, 0.3) is 15.2 Å². The fourth-order valence-corrected chi connectivity index (χ4v) is 2.91. The fourth-order valence-electron chi connectivity index (χ4n) is 2.27. The maximum atomic E-state index is 11.6. The van der Waals surface area contributed by atoms with Crippen LogP contribution in [-0.4, -0.2) is 23.2 Å². The van der Waals surface area contributed by atoms with Crippen molar-refractivity contribution in [1.82, 2.24) is 14.8 Å². The number of furan rings is 1. The van der Waals surface area contributed by atoms with Gasteiger partial charge in [-0.15, -0.1) is 10.2 Å². The van der Waals surface area contributed by atoms with E-state index in [0.29, 0.717) is 23.5 Å². The molecular weight excluding hydrogens is 292 g/mol. The van der Waals surface area contributed by atoms with Gasteiger partial charge in [-0.3, -0.25) is 4.57 Å². The number of benzene rings is 1. The molecule has 3 rings (SSSR count). The molecule has 0 atom stereocenters. The molecule has 3 aromatic rings. The summed E-state index contributed by atoms with van der Waals surface area (Å²) in [7, 11) is -3.92. The number of primary sulfonamides is 1. The largest absolute Gasteiger partial charge is 0.464 e. The Morgan fingerprint density at radius 2 is 2.05 bits per heavy atom. The highest BCUT2D eigenvalue weighted by Gasteiger charge is 2.23. The second-order valence-corrected chi connectivity index (χ2v) is 6.10. The zero-order chi connectivity index (χ0) is 15.0. The maximum absolute atomic E-state index is 11.6. The lowest BCUT2D eigenvalue weighted by molar-refractivity contribution is 0.559. The average molecular weight is 306 g/mol. The lowest BCUT2D eigenvalue weighted by Gasteiger charge is -2.06. The van der Waals surface area contributed by atoms with Crippen LogP contribution in [0.5, 0.6) is 0 Å². The van der Waals surface area contributed by atoms with Gasteiger partial charge in [0.05, 0.1) is 5.56 Å². The molecule has 8 heteroatoms. The Labute approximate surface area is 121 Å². The van der Waals surface area contributed by atoms with E-state index in [4.69, 9.17) is 9.56 Å². The summed E-state index contributed by atoms with van der Waals surface area (Å²) in [6, 6.07) is 7.46. The Hall–Kier alpha value is -2.19. The third-order valence-electron chi connectivity index (χ3n) is 3.14. The number of nitrogens with two attached hydrogens (primary N) is 1. The molecule has 0 aliphatic rings. The van der Waals surface area contributed by atoms with Crippen LogP contribution in [-0.2, 0) is 16.6 Å². The van der Waals surface area contributed by atoms with Crippen molar-refractivity contribution in [2.45, 2.75) is 25.0 Å². The van der Waals surface area contributed by atoms with Gasteiger partial charge in [-0.05, 0) is 12.5 Å². The van der Waals surface area contributed by atoms with Gasteiger partial charge in [-0.25, -0.2) is 13.6 Å². The van der Waals surface area contributed by atoms with Gasteiger partial charge >= 0.3 is 0 Å². The number of rotatable bonds is 4. The molecule has 0 aliphatic heterocycles. The highest BCUT2D eigenvalue weighted by molar-refractivity contribution is 7.89. The fraction of sp³-hybridized carbons (Fsp3) is 0.231. The molecular formula is C13H14N4O3S. The van der Waals surface area contributed by atoms with Crippen molar-refractivity contribution in [1.29, 1.82) is 0 Å². The topological polar surface area (TPSA) is 104 Å². The standard InChI is InChI=1S/C13H14N4O3S/c1-2-7-17-12(15-16-13(17)21(14,18)19)10-8-20-11-6-4-3-5-9(10)11/h3-6,8H,2,7H2,1H3,(H2,14,18,19). The van der Waals surface area contributed by atoms with Gasteiger partial charge < -0.3 is 4.42 Å². The van der Waals surface area contributed by atoms with Gasteiger partial charge in [0, 0.05) is 11.9 Å². The van der Waals surface area contributed by atoms with Crippen molar-refractivity contribution in [2.24, 2.45) is 5.14 Å². The first-order valence-electron chi connectivity index (χ1n) is 6.45. The summed E-state index contributed by atoms with van der Waals surface area (Å²) in [4.78, 5) is 0. The van der Waals surface area contributed by atoms with Crippen LogP contribution in [0.15, 0.2) is 40.1 Å². The molecule has 0 saturated heterocycles. The summed E-state index contributed by atoms with van der Waals surface area (Å²) in [6.45, 7) is 2.39. The Morgan fingerprint density at radius 1 is 1.29 bits per heavy atom. The molecule has 0 unspecified atom stereocenters. The van der Waals surface area contributed by atoms with Crippen LogP contribution in [0, 0.1) is 0 Å². The molecule has 0 fully saturated rings. The molecule has 21 heavy (non-hydrogen) atoms. The monoisotopic (exact) mass is 306 g/mol. The Balaban J connectivity index is 2.25. The predicted octanol–water partition coefficient (Wildman–Crippen LogP) is 1.75. The lowest BCUT2D eigenvalue weighted by Crippen LogP contribution is -2.19. The first-order valence-corrected chi connectivity index (χ1v) is 7.99. The number of nitrogens with zero attached hydrogens (tertiary/aromatic N) is 3. The van der Waals surface area contributed by atoms with Crippen molar-refractivity contribution in [3.63, 3.8) is 0 Å². The first kappa shape index (κ1) is 13.8. The Kier molecular flexibility index (Phi) is 3.26. The second kappa shape index (κ2) is 4.97. The van der Waals surface area contributed by atoms with Crippen molar-refractivity contribution >= 4 is 21.0 Å². The molecule has 0 aliphatic carbocycles. The van der Waals surface area contributed by atoms with Gasteiger partial charge in [-0.2, -0.15) is 0 Å². The third-order valence-corrected chi connectivity index (χ3v) is 3.95. The van der Waals surface area contributed by atoms with E-state index in [1.54, 1.807) is 6.26 Å². The second-order valence-electron chi connectivity index (χ2n) is 4.65. The van der Waals surface area contributed by atoms with Gasteiger partial charge in [0.2, 0.25) is 0 Å². The third kappa shape index (κ3) is 2.32. The van der Waals surface area contributed by atoms with Crippen molar-refractivity contribution in [3.05, 3.63) is 30.5 Å². The first-order chi connectivity index (χ1) is 10.0. The van der Waals surface area contributed by atoms with E-state index in [0.717, 1.165) is 11.8 Å². The van der Waals surface area contributed by atoms with E-state index in [-0.39, 0.29) is 5.16 Å². The highest BCUT2D eigenvalue weighted by atomic mass is 32.2. The minimum atomic E-state index is -3.92.